The Morgan fingerprint density at radius 3 is 2.95 bits per heavy atom. The van der Waals surface area contributed by atoms with Gasteiger partial charge in [0.2, 0.25) is 18.1 Å². The lowest BCUT2D eigenvalue weighted by Crippen LogP contribution is -2.35. The second-order valence-electron chi connectivity index (χ2n) is 3.96. The summed E-state index contributed by atoms with van der Waals surface area (Å²) in [6.07, 6.45) is 3.28. The molecule has 0 saturated carbocycles. The summed E-state index contributed by atoms with van der Waals surface area (Å²) in [6.45, 7) is 4.10. The number of imidazole rings is 1. The van der Waals surface area contributed by atoms with Gasteiger partial charge in [-0.3, -0.25) is 9.36 Å². The predicted molar refractivity (Wildman–Crippen MR) is 79.5 cm³/mol. The van der Waals surface area contributed by atoms with Crippen molar-refractivity contribution in [3.63, 3.8) is 0 Å². The quantitative estimate of drug-likeness (QED) is 0.360. The molecule has 0 fully saturated rings. The summed E-state index contributed by atoms with van der Waals surface area (Å²) >= 11 is 1.70. The maximum atomic E-state index is 11.3. The smallest absolute Gasteiger partial charge is 0.228 e. The first kappa shape index (κ1) is 16.0. The van der Waals surface area contributed by atoms with Crippen LogP contribution in [0.4, 0.5) is 0 Å². The van der Waals surface area contributed by atoms with Crippen LogP contribution in [0.15, 0.2) is 11.3 Å². The summed E-state index contributed by atoms with van der Waals surface area (Å²) in [5, 5.41) is 14.2. The van der Waals surface area contributed by atoms with Crippen molar-refractivity contribution in [3.05, 3.63) is 17.7 Å². The zero-order chi connectivity index (χ0) is 15.0. The van der Waals surface area contributed by atoms with E-state index in [4.69, 9.17) is 5.26 Å². The molecule has 7 nitrogen and oxygen atoms in total. The minimum atomic E-state index is -0.0284. The Hall–Kier alpha value is -2.01. The molecule has 0 aliphatic rings. The van der Waals surface area contributed by atoms with Gasteiger partial charge >= 0.3 is 0 Å². The number of thioether (sulfide) groups is 1. The van der Waals surface area contributed by atoms with Crippen molar-refractivity contribution in [1.29, 1.82) is 5.26 Å². The zero-order valence-electron chi connectivity index (χ0n) is 11.8. The topological polar surface area (TPSA) is 95.1 Å². The van der Waals surface area contributed by atoms with Gasteiger partial charge in [-0.05, 0) is 6.92 Å². The van der Waals surface area contributed by atoms with Gasteiger partial charge < -0.3 is 10.6 Å². The predicted octanol–water partition coefficient (Wildman–Crippen LogP) is 0.731. The third-order valence-corrected chi connectivity index (χ3v) is 3.59. The Labute approximate surface area is 122 Å². The second-order valence-corrected chi connectivity index (χ2v) is 5.06. The van der Waals surface area contributed by atoms with Crippen molar-refractivity contribution in [2.45, 2.75) is 19.6 Å². The molecule has 20 heavy (non-hydrogen) atoms. The number of carbonyl (C=O) groups excluding carboxylic acids is 1. The van der Waals surface area contributed by atoms with Gasteiger partial charge in [0.05, 0.1) is 5.69 Å². The normalized spacial score (nSPS) is 11.0. The van der Waals surface area contributed by atoms with E-state index in [0.717, 1.165) is 22.9 Å². The maximum Gasteiger partial charge on any atom is 0.228 e. The lowest BCUT2D eigenvalue weighted by molar-refractivity contribution is 0.0934. The Morgan fingerprint density at radius 1 is 1.65 bits per heavy atom. The van der Waals surface area contributed by atoms with E-state index in [-0.39, 0.29) is 5.91 Å². The Kier molecular flexibility index (Phi) is 6.59. The first-order chi connectivity index (χ1) is 9.60. The van der Waals surface area contributed by atoms with Crippen LogP contribution in [-0.2, 0) is 5.75 Å². The minimum absolute atomic E-state index is 0.0284. The van der Waals surface area contributed by atoms with Gasteiger partial charge in [0.15, 0.2) is 0 Å². The molecule has 0 aliphatic heterocycles. The van der Waals surface area contributed by atoms with Gasteiger partial charge in [0.25, 0.3) is 0 Å². The molecule has 8 heteroatoms. The Morgan fingerprint density at radius 2 is 2.40 bits per heavy atom. The Bertz CT molecular complexity index is 531. The van der Waals surface area contributed by atoms with E-state index in [9.17, 15) is 4.79 Å². The van der Waals surface area contributed by atoms with Gasteiger partial charge in [-0.2, -0.15) is 17.0 Å². The van der Waals surface area contributed by atoms with E-state index in [1.807, 2.05) is 6.92 Å². The summed E-state index contributed by atoms with van der Waals surface area (Å²) < 4.78 is 1.55. The molecule has 0 aliphatic carbocycles. The SMILES string of the molecule is CN/C(=N\C#N)NCCSCc1ncn(C(C)=O)c1C. The molecule has 1 aromatic heterocycles. The van der Waals surface area contributed by atoms with Gasteiger partial charge in [0, 0.05) is 37.7 Å². The molecular formula is C12H18N6OS. The lowest BCUT2D eigenvalue weighted by Gasteiger charge is -2.07. The van der Waals surface area contributed by atoms with Crippen molar-refractivity contribution in [2.75, 3.05) is 19.3 Å². The molecule has 0 unspecified atom stereocenters. The van der Waals surface area contributed by atoms with Crippen molar-refractivity contribution in [2.24, 2.45) is 4.99 Å². The molecule has 108 valence electrons. The zero-order valence-corrected chi connectivity index (χ0v) is 12.6. The Balaban J connectivity index is 2.34. The highest BCUT2D eigenvalue weighted by Crippen LogP contribution is 2.14. The van der Waals surface area contributed by atoms with Crippen molar-refractivity contribution >= 4 is 23.6 Å². The van der Waals surface area contributed by atoms with Crippen LogP contribution >= 0.6 is 11.8 Å². The standard InChI is InChI=1S/C12H18N6OS/c1-9-11(17-8-18(9)10(2)19)6-20-5-4-15-12(14-3)16-7-13/h8H,4-6H2,1-3H3,(H2,14,15,16). The number of rotatable bonds is 5. The highest BCUT2D eigenvalue weighted by molar-refractivity contribution is 7.98. The van der Waals surface area contributed by atoms with Crippen molar-refractivity contribution < 1.29 is 4.79 Å². The van der Waals surface area contributed by atoms with E-state index >= 15 is 0 Å². The van der Waals surface area contributed by atoms with E-state index in [1.165, 1.54) is 6.92 Å². The summed E-state index contributed by atoms with van der Waals surface area (Å²) in [6, 6.07) is 0. The van der Waals surface area contributed by atoms with E-state index < -0.39 is 0 Å². The lowest BCUT2D eigenvalue weighted by atomic mass is 10.4. The average molecular weight is 294 g/mol. The summed E-state index contributed by atoms with van der Waals surface area (Å²) in [5.74, 6) is 2.03. The highest BCUT2D eigenvalue weighted by Gasteiger charge is 2.08. The van der Waals surface area contributed by atoms with Crippen molar-refractivity contribution in [1.82, 2.24) is 20.2 Å². The fourth-order valence-corrected chi connectivity index (χ4v) is 2.42. The first-order valence-electron chi connectivity index (χ1n) is 6.10. The van der Waals surface area contributed by atoms with Crippen LogP contribution in [0.25, 0.3) is 0 Å². The minimum Gasteiger partial charge on any atom is -0.359 e. The van der Waals surface area contributed by atoms with Gasteiger partial charge in [-0.25, -0.2) is 4.98 Å². The molecule has 0 bridgehead atoms. The first-order valence-corrected chi connectivity index (χ1v) is 7.25. The number of hydrogen-bond donors (Lipinski definition) is 2. The van der Waals surface area contributed by atoms with E-state index in [0.29, 0.717) is 12.5 Å². The maximum absolute atomic E-state index is 11.3. The molecule has 1 rings (SSSR count). The number of nitriles is 1. The number of aliphatic imine (C=N–C) groups is 1. The van der Waals surface area contributed by atoms with Crippen LogP contribution < -0.4 is 10.6 Å². The molecule has 2 N–H and O–H groups in total. The van der Waals surface area contributed by atoms with Crippen LogP contribution in [0.3, 0.4) is 0 Å². The summed E-state index contributed by atoms with van der Waals surface area (Å²) in [4.78, 5) is 19.1. The molecule has 0 saturated heterocycles. The van der Waals surface area contributed by atoms with Gasteiger partial charge in [-0.15, -0.1) is 4.99 Å². The number of nitrogens with one attached hydrogen (secondary N) is 2. The van der Waals surface area contributed by atoms with Crippen molar-refractivity contribution in [3.8, 4) is 6.19 Å². The highest BCUT2D eigenvalue weighted by atomic mass is 32.2. The molecule has 1 aromatic rings. The molecular weight excluding hydrogens is 276 g/mol. The van der Waals surface area contributed by atoms with Crippen LogP contribution in [0.5, 0.6) is 0 Å². The number of carbonyl (C=O) groups is 1. The molecule has 0 spiro atoms. The van der Waals surface area contributed by atoms with E-state index in [2.05, 4.69) is 20.6 Å². The largest absolute Gasteiger partial charge is 0.359 e. The molecule has 0 radical (unpaired) electrons. The van der Waals surface area contributed by atoms with Crippen LogP contribution in [-0.4, -0.2) is 40.8 Å². The molecule has 0 amide bonds. The van der Waals surface area contributed by atoms with Crippen LogP contribution in [0, 0.1) is 18.4 Å². The monoisotopic (exact) mass is 294 g/mol. The van der Waals surface area contributed by atoms with Gasteiger partial charge in [-0.1, -0.05) is 0 Å². The molecule has 1 heterocycles. The third-order valence-electron chi connectivity index (χ3n) is 2.62. The summed E-state index contributed by atoms with van der Waals surface area (Å²) in [7, 11) is 1.70. The molecule has 0 atom stereocenters. The molecule has 0 aromatic carbocycles. The number of guanidine groups is 1. The third kappa shape index (κ3) is 4.59. The van der Waals surface area contributed by atoms with Crippen LogP contribution in [0.2, 0.25) is 0 Å². The van der Waals surface area contributed by atoms with E-state index in [1.54, 1.807) is 35.9 Å². The second kappa shape index (κ2) is 8.22. The van der Waals surface area contributed by atoms with Gasteiger partial charge in [0.1, 0.15) is 6.33 Å². The number of hydrogen-bond acceptors (Lipinski definition) is 5. The fourth-order valence-electron chi connectivity index (χ4n) is 1.55. The summed E-state index contributed by atoms with van der Waals surface area (Å²) in [5.41, 5.74) is 1.81. The average Bonchev–Trinajstić information content (AvgIpc) is 2.78. The fraction of sp³-hybridized carbons (Fsp3) is 0.500. The number of nitrogens with zero attached hydrogens (tertiary/aromatic N) is 4. The number of aromatic nitrogens is 2. The van der Waals surface area contributed by atoms with Crippen LogP contribution in [0.1, 0.15) is 23.1 Å².